The molecule has 0 saturated carbocycles. The molecule has 110 valence electrons. The fraction of sp³-hybridized carbons (Fsp3) is 0.250. The standard InChI is InChI=1S/C16H19N3O2/c1-4-13-15(20)10-9-14(16(13)21)18-17-11-5-7-12(8-6-11)19(2)3/h5-10,20-21H,4H2,1-3H3/p-2. The molecule has 0 heterocycles. The molecule has 0 radical (unpaired) electrons. The van der Waals surface area contributed by atoms with Gasteiger partial charge in [0.2, 0.25) is 0 Å². The van der Waals surface area contributed by atoms with E-state index in [9.17, 15) is 10.2 Å². The molecule has 0 N–H and O–H groups in total. The Balaban J connectivity index is 2.25. The van der Waals surface area contributed by atoms with E-state index >= 15 is 0 Å². The normalized spacial score (nSPS) is 11.0. The number of benzene rings is 2. The Morgan fingerprint density at radius 3 is 2.19 bits per heavy atom. The first-order valence-corrected chi connectivity index (χ1v) is 6.72. The van der Waals surface area contributed by atoms with Gasteiger partial charge in [0.05, 0.1) is 11.4 Å². The van der Waals surface area contributed by atoms with Crippen LogP contribution < -0.4 is 15.1 Å². The van der Waals surface area contributed by atoms with E-state index in [4.69, 9.17) is 0 Å². The van der Waals surface area contributed by atoms with Crippen LogP contribution in [0.5, 0.6) is 11.5 Å². The lowest BCUT2D eigenvalue weighted by Crippen LogP contribution is -2.07. The van der Waals surface area contributed by atoms with Crippen LogP contribution in [0.4, 0.5) is 17.1 Å². The van der Waals surface area contributed by atoms with Crippen molar-refractivity contribution in [2.24, 2.45) is 10.2 Å². The number of azo groups is 1. The molecular weight excluding hydrogens is 266 g/mol. The highest BCUT2D eigenvalue weighted by molar-refractivity contribution is 5.59. The van der Waals surface area contributed by atoms with Crippen molar-refractivity contribution >= 4 is 17.1 Å². The summed E-state index contributed by atoms with van der Waals surface area (Å²) in [6, 6.07) is 10.3. The molecule has 21 heavy (non-hydrogen) atoms. The average molecular weight is 283 g/mol. The minimum atomic E-state index is -0.335. The van der Waals surface area contributed by atoms with Gasteiger partial charge in [0.25, 0.3) is 0 Å². The van der Waals surface area contributed by atoms with Crippen molar-refractivity contribution in [3.05, 3.63) is 42.0 Å². The Morgan fingerprint density at radius 2 is 1.62 bits per heavy atom. The van der Waals surface area contributed by atoms with Crippen molar-refractivity contribution < 1.29 is 10.2 Å². The van der Waals surface area contributed by atoms with Crippen LogP contribution >= 0.6 is 0 Å². The van der Waals surface area contributed by atoms with Gasteiger partial charge in [-0.05, 0) is 36.8 Å². The highest BCUT2D eigenvalue weighted by Crippen LogP contribution is 2.34. The Kier molecular flexibility index (Phi) is 4.42. The predicted molar refractivity (Wildman–Crippen MR) is 79.7 cm³/mol. The van der Waals surface area contributed by atoms with Gasteiger partial charge in [0.1, 0.15) is 0 Å². The van der Waals surface area contributed by atoms with Crippen LogP contribution in [0.2, 0.25) is 0 Å². The van der Waals surface area contributed by atoms with Gasteiger partial charge in [-0.2, -0.15) is 10.2 Å². The molecule has 0 saturated heterocycles. The topological polar surface area (TPSA) is 74.1 Å². The smallest absolute Gasteiger partial charge is 0.0858 e. The van der Waals surface area contributed by atoms with Crippen LogP contribution in [-0.4, -0.2) is 14.1 Å². The first-order valence-electron chi connectivity index (χ1n) is 6.72. The number of hydrogen-bond acceptors (Lipinski definition) is 5. The highest BCUT2D eigenvalue weighted by Gasteiger charge is 1.99. The number of anilines is 1. The third kappa shape index (κ3) is 3.31. The molecule has 2 aromatic rings. The van der Waals surface area contributed by atoms with Gasteiger partial charge in [0, 0.05) is 19.8 Å². The van der Waals surface area contributed by atoms with Crippen LogP contribution in [0.25, 0.3) is 0 Å². The molecule has 0 aliphatic carbocycles. The molecule has 0 atom stereocenters. The first kappa shape index (κ1) is 14.8. The maximum atomic E-state index is 12.0. The summed E-state index contributed by atoms with van der Waals surface area (Å²) in [5.74, 6) is -0.574. The van der Waals surface area contributed by atoms with E-state index in [1.165, 1.54) is 12.1 Å². The monoisotopic (exact) mass is 283 g/mol. The fourth-order valence-corrected chi connectivity index (χ4v) is 1.94. The Morgan fingerprint density at radius 1 is 0.952 bits per heavy atom. The van der Waals surface area contributed by atoms with Crippen molar-refractivity contribution in [3.63, 3.8) is 0 Å². The molecule has 0 bridgehead atoms. The molecular formula is C16H17N3O2-2. The average Bonchev–Trinajstić information content (AvgIpc) is 2.47. The van der Waals surface area contributed by atoms with Crippen molar-refractivity contribution in [2.75, 3.05) is 19.0 Å². The van der Waals surface area contributed by atoms with Crippen molar-refractivity contribution in [3.8, 4) is 11.5 Å². The minimum absolute atomic E-state index is 0.197. The second kappa shape index (κ2) is 6.26. The predicted octanol–water partition coefficient (Wildman–Crippen LogP) is 2.88. The maximum absolute atomic E-state index is 12.0. The summed E-state index contributed by atoms with van der Waals surface area (Å²) < 4.78 is 0. The highest BCUT2D eigenvalue weighted by atomic mass is 16.3. The largest absolute Gasteiger partial charge is 0.872 e. The van der Waals surface area contributed by atoms with E-state index in [1.54, 1.807) is 6.92 Å². The summed E-state index contributed by atoms with van der Waals surface area (Å²) in [7, 11) is 3.91. The van der Waals surface area contributed by atoms with Crippen LogP contribution in [0.15, 0.2) is 46.6 Å². The van der Waals surface area contributed by atoms with Crippen molar-refractivity contribution in [1.82, 2.24) is 0 Å². The number of hydrogen-bond donors (Lipinski definition) is 0. The fourth-order valence-electron chi connectivity index (χ4n) is 1.94. The van der Waals surface area contributed by atoms with E-state index < -0.39 is 0 Å². The van der Waals surface area contributed by atoms with E-state index in [-0.39, 0.29) is 22.7 Å². The van der Waals surface area contributed by atoms with E-state index in [0.29, 0.717) is 12.1 Å². The SMILES string of the molecule is CCc1c([O-])ccc(N=Nc2ccc(N(C)C)cc2)c1[O-]. The van der Waals surface area contributed by atoms with Crippen molar-refractivity contribution in [1.29, 1.82) is 0 Å². The van der Waals surface area contributed by atoms with E-state index in [1.807, 2.05) is 43.3 Å². The Bertz CT molecular complexity index is 649. The summed E-state index contributed by atoms with van der Waals surface area (Å²) in [5.41, 5.74) is 2.17. The van der Waals surface area contributed by atoms with Gasteiger partial charge in [-0.1, -0.05) is 24.3 Å². The minimum Gasteiger partial charge on any atom is -0.872 e. The zero-order valence-electron chi connectivity index (χ0n) is 12.3. The van der Waals surface area contributed by atoms with Gasteiger partial charge >= 0.3 is 0 Å². The lowest BCUT2D eigenvalue weighted by atomic mass is 10.1. The van der Waals surface area contributed by atoms with E-state index in [2.05, 4.69) is 10.2 Å². The summed E-state index contributed by atoms with van der Waals surface area (Å²) in [6.45, 7) is 1.78. The molecule has 2 aromatic carbocycles. The zero-order valence-corrected chi connectivity index (χ0v) is 12.3. The maximum Gasteiger partial charge on any atom is 0.0858 e. The van der Waals surface area contributed by atoms with Gasteiger partial charge in [-0.25, -0.2) is 0 Å². The first-order chi connectivity index (χ1) is 10.0. The number of nitrogens with zero attached hydrogens (tertiary/aromatic N) is 3. The lowest BCUT2D eigenvalue weighted by molar-refractivity contribution is -0.281. The third-order valence-corrected chi connectivity index (χ3v) is 3.19. The van der Waals surface area contributed by atoms with Gasteiger partial charge < -0.3 is 15.1 Å². The summed E-state index contributed by atoms with van der Waals surface area (Å²) >= 11 is 0. The van der Waals surface area contributed by atoms with E-state index in [0.717, 1.165) is 5.69 Å². The molecule has 0 amide bonds. The summed E-state index contributed by atoms with van der Waals surface area (Å²) in [5, 5.41) is 31.6. The molecule has 0 aliphatic heterocycles. The molecule has 5 heteroatoms. The number of rotatable bonds is 4. The van der Waals surface area contributed by atoms with Crippen molar-refractivity contribution in [2.45, 2.75) is 13.3 Å². The van der Waals surface area contributed by atoms with Crippen LogP contribution in [0, 0.1) is 0 Å². The van der Waals surface area contributed by atoms with Crippen LogP contribution in [0.1, 0.15) is 12.5 Å². The summed E-state index contributed by atoms with van der Waals surface area (Å²) in [6.07, 6.45) is 0.401. The molecule has 2 rings (SSSR count). The zero-order chi connectivity index (χ0) is 15.4. The Labute approximate surface area is 124 Å². The second-order valence-electron chi connectivity index (χ2n) is 4.85. The van der Waals surface area contributed by atoms with Crippen LogP contribution in [0.3, 0.4) is 0 Å². The second-order valence-corrected chi connectivity index (χ2v) is 4.85. The third-order valence-electron chi connectivity index (χ3n) is 3.19. The van der Waals surface area contributed by atoms with Gasteiger partial charge in [0.15, 0.2) is 0 Å². The molecule has 0 aliphatic rings. The van der Waals surface area contributed by atoms with Crippen LogP contribution in [-0.2, 0) is 6.42 Å². The quantitative estimate of drug-likeness (QED) is 0.810. The Hall–Kier alpha value is -2.56. The molecule has 0 unspecified atom stereocenters. The van der Waals surface area contributed by atoms with Gasteiger partial charge in [-0.3, -0.25) is 0 Å². The molecule has 0 aromatic heterocycles. The lowest BCUT2D eigenvalue weighted by Gasteiger charge is -2.21. The van der Waals surface area contributed by atoms with Gasteiger partial charge in [-0.15, -0.1) is 5.75 Å². The molecule has 0 fully saturated rings. The molecule has 5 nitrogen and oxygen atoms in total. The molecule has 0 spiro atoms. The summed E-state index contributed by atoms with van der Waals surface area (Å²) in [4.78, 5) is 1.98.